The smallest absolute Gasteiger partial charge is 0.261 e. The van der Waals surface area contributed by atoms with Crippen LogP contribution >= 0.6 is 11.8 Å². The number of rotatable bonds is 1. The average Bonchev–Trinajstić information content (AvgIpc) is 2.78. The highest BCUT2D eigenvalue weighted by Crippen LogP contribution is 2.42. The van der Waals surface area contributed by atoms with Gasteiger partial charge in [-0.05, 0) is 36.9 Å². The van der Waals surface area contributed by atoms with Crippen LogP contribution in [0.2, 0.25) is 0 Å². The molecule has 2 heterocycles. The number of fused-ring (bicyclic) bond motifs is 2. The zero-order valence-electron chi connectivity index (χ0n) is 16.1. The molecule has 0 aromatic heterocycles. The minimum atomic E-state index is -3.67. The van der Waals surface area contributed by atoms with Crippen LogP contribution in [0.1, 0.15) is 11.1 Å². The van der Waals surface area contributed by atoms with Crippen LogP contribution in [0, 0.1) is 11.6 Å². The van der Waals surface area contributed by atoms with E-state index in [4.69, 9.17) is 4.55 Å². The van der Waals surface area contributed by atoms with Crippen LogP contribution in [0.4, 0.5) is 8.78 Å². The van der Waals surface area contributed by atoms with E-state index in [9.17, 15) is 17.2 Å². The van der Waals surface area contributed by atoms with Crippen molar-refractivity contribution in [3.05, 3.63) is 59.2 Å². The maximum Gasteiger partial charge on any atom is 0.261 e. The minimum Gasteiger partial charge on any atom is -0.368 e. The summed E-state index contributed by atoms with van der Waals surface area (Å²) in [6.45, 7) is 3.69. The number of hydrogen-bond acceptors (Lipinski definition) is 5. The Labute approximate surface area is 173 Å². The van der Waals surface area contributed by atoms with Crippen LogP contribution in [-0.2, 0) is 10.1 Å². The van der Waals surface area contributed by atoms with E-state index in [-0.39, 0.29) is 0 Å². The largest absolute Gasteiger partial charge is 0.368 e. The Bertz CT molecular complexity index is 1030. The third-order valence-electron chi connectivity index (χ3n) is 4.57. The highest BCUT2D eigenvalue weighted by Gasteiger charge is 2.24. The summed E-state index contributed by atoms with van der Waals surface area (Å²) in [6.07, 6.45) is 2.82. The van der Waals surface area contributed by atoms with Crippen LogP contribution in [0.15, 0.2) is 46.2 Å². The van der Waals surface area contributed by atoms with E-state index in [1.54, 1.807) is 0 Å². The van der Waals surface area contributed by atoms with Gasteiger partial charge in [0.15, 0.2) is 11.6 Å². The lowest BCUT2D eigenvalue weighted by Gasteiger charge is -2.36. The van der Waals surface area contributed by atoms with Crippen molar-refractivity contribution in [1.29, 1.82) is 0 Å². The summed E-state index contributed by atoms with van der Waals surface area (Å²) < 4.78 is 53.6. The molecule has 1 N–H and O–H groups in total. The SMILES string of the molecule is CN1CCN(C2=Cc3ccccc3Sc3cc(F)c(F)cc32)CC1.CS(=O)(=O)O. The molecule has 29 heavy (non-hydrogen) atoms. The fraction of sp³-hybridized carbons (Fsp3) is 0.300. The summed E-state index contributed by atoms with van der Waals surface area (Å²) in [7, 11) is -1.56. The van der Waals surface area contributed by atoms with Crippen molar-refractivity contribution in [3.63, 3.8) is 0 Å². The van der Waals surface area contributed by atoms with Crippen molar-refractivity contribution < 1.29 is 21.8 Å². The Morgan fingerprint density at radius 1 is 1.00 bits per heavy atom. The van der Waals surface area contributed by atoms with Crippen molar-refractivity contribution in [1.82, 2.24) is 9.80 Å². The van der Waals surface area contributed by atoms with Crippen LogP contribution in [0.25, 0.3) is 11.8 Å². The number of piperazine rings is 1. The van der Waals surface area contributed by atoms with E-state index in [0.717, 1.165) is 52.8 Å². The van der Waals surface area contributed by atoms with Gasteiger partial charge in [-0.15, -0.1) is 0 Å². The highest BCUT2D eigenvalue weighted by atomic mass is 32.2. The maximum absolute atomic E-state index is 13.9. The van der Waals surface area contributed by atoms with Gasteiger partial charge >= 0.3 is 0 Å². The topological polar surface area (TPSA) is 60.9 Å². The Morgan fingerprint density at radius 3 is 2.24 bits per heavy atom. The first-order valence-corrected chi connectivity index (χ1v) is 11.6. The lowest BCUT2D eigenvalue weighted by molar-refractivity contribution is 0.207. The molecule has 2 aromatic carbocycles. The standard InChI is InChI=1S/C19H18F2N2S.CH4O3S/c1-22-6-8-23(9-7-22)17-10-13-4-2-3-5-18(13)24-19-12-16(21)15(20)11-14(17)19;1-5(2,3)4/h2-5,10-12H,6-9H2,1H3;1H3,(H,2,3,4). The molecular formula is C20H22F2N2O3S2. The summed E-state index contributed by atoms with van der Waals surface area (Å²) in [5, 5.41) is 0. The van der Waals surface area contributed by atoms with E-state index in [1.807, 2.05) is 18.2 Å². The van der Waals surface area contributed by atoms with Crippen molar-refractivity contribution in [2.45, 2.75) is 9.79 Å². The van der Waals surface area contributed by atoms with Crippen LogP contribution < -0.4 is 0 Å². The second-order valence-corrected chi connectivity index (χ2v) is 9.51. The molecule has 1 fully saturated rings. The number of halogens is 2. The molecule has 1 saturated heterocycles. The van der Waals surface area contributed by atoms with Crippen molar-refractivity contribution in [2.75, 3.05) is 39.5 Å². The summed E-state index contributed by atoms with van der Waals surface area (Å²) in [6, 6.07) is 10.7. The molecule has 5 nitrogen and oxygen atoms in total. The first kappa shape index (κ1) is 21.8. The Balaban J connectivity index is 0.000000431. The van der Waals surface area contributed by atoms with Gasteiger partial charge in [0.1, 0.15) is 0 Å². The average molecular weight is 441 g/mol. The monoisotopic (exact) mass is 440 g/mol. The third-order valence-corrected chi connectivity index (χ3v) is 5.72. The van der Waals surface area contributed by atoms with Gasteiger partial charge in [0, 0.05) is 47.2 Å². The molecule has 0 atom stereocenters. The van der Waals surface area contributed by atoms with E-state index in [2.05, 4.69) is 29.0 Å². The lowest BCUT2D eigenvalue weighted by Crippen LogP contribution is -2.43. The number of nitrogens with zero attached hydrogens (tertiary/aromatic N) is 2. The number of hydrogen-bond donors (Lipinski definition) is 1. The molecule has 2 aliphatic rings. The van der Waals surface area contributed by atoms with E-state index >= 15 is 0 Å². The Kier molecular flexibility index (Phi) is 6.62. The van der Waals surface area contributed by atoms with E-state index in [0.29, 0.717) is 6.26 Å². The molecule has 0 saturated carbocycles. The molecule has 0 amide bonds. The quantitative estimate of drug-likeness (QED) is 0.683. The van der Waals surface area contributed by atoms with Gasteiger partial charge < -0.3 is 9.80 Å². The second-order valence-electron chi connectivity index (χ2n) is 6.96. The van der Waals surface area contributed by atoms with E-state index < -0.39 is 21.8 Å². The molecule has 9 heteroatoms. The van der Waals surface area contributed by atoms with Gasteiger partial charge in [-0.3, -0.25) is 4.55 Å². The normalized spacial score (nSPS) is 16.7. The Hall–Kier alpha value is -1.94. The molecule has 0 unspecified atom stereocenters. The predicted octanol–water partition coefficient (Wildman–Crippen LogP) is 3.68. The molecule has 2 aromatic rings. The van der Waals surface area contributed by atoms with Gasteiger partial charge in [0.2, 0.25) is 0 Å². The number of benzene rings is 2. The zero-order chi connectivity index (χ0) is 21.2. The van der Waals surface area contributed by atoms with E-state index in [1.165, 1.54) is 23.9 Å². The molecule has 0 spiro atoms. The molecule has 4 rings (SSSR count). The minimum absolute atomic E-state index is 0.715. The summed E-state index contributed by atoms with van der Waals surface area (Å²) in [5.41, 5.74) is 2.85. The van der Waals surface area contributed by atoms with Crippen LogP contribution in [0.3, 0.4) is 0 Å². The predicted molar refractivity (Wildman–Crippen MR) is 111 cm³/mol. The zero-order valence-corrected chi connectivity index (χ0v) is 17.7. The molecule has 156 valence electrons. The summed E-state index contributed by atoms with van der Waals surface area (Å²) >= 11 is 1.50. The van der Waals surface area contributed by atoms with Crippen molar-refractivity contribution in [3.8, 4) is 0 Å². The second kappa shape index (κ2) is 8.83. The molecular weight excluding hydrogens is 418 g/mol. The maximum atomic E-state index is 13.9. The molecule has 0 radical (unpaired) electrons. The first-order valence-electron chi connectivity index (χ1n) is 8.96. The third kappa shape index (κ3) is 5.79. The summed E-state index contributed by atoms with van der Waals surface area (Å²) in [5.74, 6) is -1.58. The van der Waals surface area contributed by atoms with Crippen molar-refractivity contribution >= 4 is 33.7 Å². The lowest BCUT2D eigenvalue weighted by atomic mass is 10.1. The van der Waals surface area contributed by atoms with Crippen LogP contribution in [-0.4, -0.2) is 62.3 Å². The summed E-state index contributed by atoms with van der Waals surface area (Å²) in [4.78, 5) is 6.39. The van der Waals surface area contributed by atoms with Crippen molar-refractivity contribution in [2.24, 2.45) is 0 Å². The fourth-order valence-corrected chi connectivity index (χ4v) is 4.22. The fourth-order valence-electron chi connectivity index (χ4n) is 3.16. The van der Waals surface area contributed by atoms with Gasteiger partial charge in [0.25, 0.3) is 10.1 Å². The molecule has 0 bridgehead atoms. The van der Waals surface area contributed by atoms with Gasteiger partial charge in [-0.1, -0.05) is 30.0 Å². The molecule has 2 aliphatic heterocycles. The van der Waals surface area contributed by atoms with Gasteiger partial charge in [-0.2, -0.15) is 8.42 Å². The van der Waals surface area contributed by atoms with Gasteiger partial charge in [-0.25, -0.2) is 8.78 Å². The first-order chi connectivity index (χ1) is 13.6. The number of likely N-dealkylation sites (N-methyl/N-ethyl adjacent to an activating group) is 1. The Morgan fingerprint density at radius 2 is 1.59 bits per heavy atom. The highest BCUT2D eigenvalue weighted by molar-refractivity contribution is 7.99. The van der Waals surface area contributed by atoms with Crippen LogP contribution in [0.5, 0.6) is 0 Å². The van der Waals surface area contributed by atoms with Gasteiger partial charge in [0.05, 0.1) is 6.26 Å². The molecule has 0 aliphatic carbocycles.